The smallest absolute Gasteiger partial charge is 0.338 e. The predicted octanol–water partition coefficient (Wildman–Crippen LogP) is 6.70. The van der Waals surface area contributed by atoms with E-state index in [2.05, 4.69) is 40.7 Å². The highest BCUT2D eigenvalue weighted by atomic mass is 79.9. The minimum Gasteiger partial charge on any atom is -0.456 e. The average Bonchev–Trinajstić information content (AvgIpc) is 3.55. The van der Waals surface area contributed by atoms with Crippen molar-refractivity contribution < 1.29 is 9.53 Å². The Labute approximate surface area is 224 Å². The van der Waals surface area contributed by atoms with Crippen LogP contribution in [0.5, 0.6) is 0 Å². The van der Waals surface area contributed by atoms with Gasteiger partial charge in [-0.05, 0) is 123 Å². The van der Waals surface area contributed by atoms with E-state index in [4.69, 9.17) is 4.74 Å². The number of rotatable bonds is 9. The lowest BCUT2D eigenvalue weighted by atomic mass is 10.0. The maximum absolute atomic E-state index is 13.4. The third kappa shape index (κ3) is 6.89. The van der Waals surface area contributed by atoms with Crippen LogP contribution in [0.3, 0.4) is 0 Å². The molecule has 1 aliphatic heterocycles. The lowest BCUT2D eigenvalue weighted by Crippen LogP contribution is -2.35. The summed E-state index contributed by atoms with van der Waals surface area (Å²) in [6, 6.07) is 10.3. The second-order valence-corrected chi connectivity index (χ2v) is 12.8. The summed E-state index contributed by atoms with van der Waals surface area (Å²) in [7, 11) is 0. The van der Waals surface area contributed by atoms with E-state index in [1.54, 1.807) is 0 Å². The second kappa shape index (κ2) is 11.2. The van der Waals surface area contributed by atoms with Gasteiger partial charge < -0.3 is 9.30 Å². The van der Waals surface area contributed by atoms with Crippen LogP contribution in [0.4, 0.5) is 0 Å². The van der Waals surface area contributed by atoms with Crippen LogP contribution in [0.1, 0.15) is 99.8 Å². The number of nitrogens with zero attached hydrogens (tertiary/aromatic N) is 2. The van der Waals surface area contributed by atoms with Gasteiger partial charge in [0.25, 0.3) is 5.56 Å². The second-order valence-electron chi connectivity index (χ2n) is 12.0. The van der Waals surface area contributed by atoms with Crippen molar-refractivity contribution in [3.8, 4) is 0 Å². The van der Waals surface area contributed by atoms with Crippen LogP contribution < -0.4 is 5.56 Å². The van der Waals surface area contributed by atoms with Gasteiger partial charge in [0.2, 0.25) is 0 Å². The summed E-state index contributed by atoms with van der Waals surface area (Å²) in [5, 5.41) is 0. The molecule has 1 atom stereocenters. The highest BCUT2D eigenvalue weighted by Gasteiger charge is 2.32. The molecule has 1 aromatic heterocycles. The Kier molecular flexibility index (Phi) is 8.45. The molecule has 36 heavy (non-hydrogen) atoms. The van der Waals surface area contributed by atoms with Crippen LogP contribution in [-0.4, -0.2) is 33.6 Å². The molecule has 1 saturated carbocycles. The van der Waals surface area contributed by atoms with E-state index in [-0.39, 0.29) is 11.5 Å². The average molecular weight is 558 g/mol. The molecule has 196 valence electrons. The van der Waals surface area contributed by atoms with E-state index in [0.717, 1.165) is 25.1 Å². The number of aryl methyl sites for hydroxylation is 1. The Morgan fingerprint density at radius 3 is 2.44 bits per heavy atom. The van der Waals surface area contributed by atoms with Crippen molar-refractivity contribution >= 4 is 21.9 Å². The van der Waals surface area contributed by atoms with Crippen molar-refractivity contribution in [3.63, 3.8) is 0 Å². The first kappa shape index (κ1) is 27.1. The molecule has 2 aliphatic rings. The van der Waals surface area contributed by atoms with Crippen LogP contribution in [0, 0.1) is 5.92 Å². The van der Waals surface area contributed by atoms with Gasteiger partial charge in [-0.1, -0.05) is 26.0 Å². The highest BCUT2D eigenvalue weighted by molar-refractivity contribution is 9.10. The summed E-state index contributed by atoms with van der Waals surface area (Å²) in [5.74, 6) is 0.937. The quantitative estimate of drug-likeness (QED) is 0.322. The van der Waals surface area contributed by atoms with Crippen molar-refractivity contribution in [1.82, 2.24) is 9.47 Å². The molecule has 2 aromatic rings. The Morgan fingerprint density at radius 1 is 1.14 bits per heavy atom. The van der Waals surface area contributed by atoms with Gasteiger partial charge in [0.05, 0.1) is 10.0 Å². The van der Waals surface area contributed by atoms with Gasteiger partial charge in [-0.3, -0.25) is 9.69 Å². The first-order valence-corrected chi connectivity index (χ1v) is 14.3. The summed E-state index contributed by atoms with van der Waals surface area (Å²) >= 11 is 3.56. The zero-order chi connectivity index (χ0) is 26.0. The van der Waals surface area contributed by atoms with Gasteiger partial charge in [-0.2, -0.15) is 0 Å². The fourth-order valence-corrected chi connectivity index (χ4v) is 5.80. The van der Waals surface area contributed by atoms with E-state index in [1.165, 1.54) is 43.4 Å². The summed E-state index contributed by atoms with van der Waals surface area (Å²) in [6.07, 6.45) is 6.85. The lowest BCUT2D eigenvalue weighted by Gasteiger charge is -2.28. The Morgan fingerprint density at radius 2 is 1.83 bits per heavy atom. The molecule has 0 spiro atoms. The SMILES string of the molecule is CC(C)C[C@H]1CCCN1Cc1c(C2CC2)cc(Br)c(=O)n1CCc1ccc(C(=O)OC(C)(C)C)cc1. The number of benzene rings is 1. The van der Waals surface area contributed by atoms with Crippen LogP contribution in [0.25, 0.3) is 0 Å². The number of pyridine rings is 1. The first-order chi connectivity index (χ1) is 17.0. The van der Waals surface area contributed by atoms with Crippen molar-refractivity contribution in [2.45, 2.75) is 104 Å². The number of ether oxygens (including phenoxy) is 1. The highest BCUT2D eigenvalue weighted by Crippen LogP contribution is 2.42. The third-order valence-electron chi connectivity index (χ3n) is 7.22. The molecule has 5 nitrogen and oxygen atoms in total. The molecule has 0 bridgehead atoms. The largest absolute Gasteiger partial charge is 0.456 e. The fraction of sp³-hybridized carbons (Fsp3) is 0.600. The van der Waals surface area contributed by atoms with Gasteiger partial charge in [0.15, 0.2) is 0 Å². The zero-order valence-corrected chi connectivity index (χ0v) is 24.1. The monoisotopic (exact) mass is 556 g/mol. The molecule has 1 aliphatic carbocycles. The fourth-order valence-electron chi connectivity index (χ4n) is 5.34. The minimum atomic E-state index is -0.517. The number of likely N-dealkylation sites (tertiary alicyclic amines) is 1. The van der Waals surface area contributed by atoms with Gasteiger partial charge in [-0.15, -0.1) is 0 Å². The van der Waals surface area contributed by atoms with Crippen molar-refractivity contribution in [2.75, 3.05) is 6.54 Å². The summed E-state index contributed by atoms with van der Waals surface area (Å²) < 4.78 is 8.16. The topological polar surface area (TPSA) is 51.5 Å². The number of aromatic nitrogens is 1. The molecule has 1 saturated heterocycles. The molecule has 6 heteroatoms. The number of carbonyl (C=O) groups excluding carboxylic acids is 1. The Bertz CT molecular complexity index is 1130. The number of hydrogen-bond donors (Lipinski definition) is 0. The summed E-state index contributed by atoms with van der Waals surface area (Å²) in [5.41, 5.74) is 3.74. The van der Waals surface area contributed by atoms with Crippen LogP contribution in [-0.2, 0) is 24.2 Å². The molecule has 4 rings (SSSR count). The maximum Gasteiger partial charge on any atom is 0.338 e. The maximum atomic E-state index is 13.4. The van der Waals surface area contributed by atoms with Crippen LogP contribution >= 0.6 is 15.9 Å². The van der Waals surface area contributed by atoms with Gasteiger partial charge in [-0.25, -0.2) is 4.79 Å². The van der Waals surface area contributed by atoms with Crippen molar-refractivity contribution in [2.24, 2.45) is 5.92 Å². The number of hydrogen-bond acceptors (Lipinski definition) is 4. The van der Waals surface area contributed by atoms with E-state index in [0.29, 0.717) is 34.5 Å². The lowest BCUT2D eigenvalue weighted by molar-refractivity contribution is 0.00695. The van der Waals surface area contributed by atoms with Crippen molar-refractivity contribution in [1.29, 1.82) is 0 Å². The first-order valence-electron chi connectivity index (χ1n) is 13.5. The van der Waals surface area contributed by atoms with Crippen LogP contribution in [0.2, 0.25) is 0 Å². The molecule has 0 N–H and O–H groups in total. The van der Waals surface area contributed by atoms with E-state index < -0.39 is 5.60 Å². The predicted molar refractivity (Wildman–Crippen MR) is 149 cm³/mol. The van der Waals surface area contributed by atoms with Gasteiger partial charge in [0, 0.05) is 24.8 Å². The third-order valence-corrected chi connectivity index (χ3v) is 7.78. The number of halogens is 1. The molecule has 1 aromatic carbocycles. The van der Waals surface area contributed by atoms with E-state index in [9.17, 15) is 9.59 Å². The number of esters is 1. The summed E-state index contributed by atoms with van der Waals surface area (Å²) in [6.45, 7) is 12.8. The zero-order valence-electron chi connectivity index (χ0n) is 22.5. The number of carbonyl (C=O) groups is 1. The molecule has 0 amide bonds. The van der Waals surface area contributed by atoms with Gasteiger partial charge >= 0.3 is 5.97 Å². The normalized spacial score (nSPS) is 18.7. The summed E-state index contributed by atoms with van der Waals surface area (Å²) in [4.78, 5) is 28.3. The van der Waals surface area contributed by atoms with Gasteiger partial charge in [0.1, 0.15) is 5.60 Å². The molecule has 0 radical (unpaired) electrons. The van der Waals surface area contributed by atoms with Crippen LogP contribution in [0.15, 0.2) is 39.6 Å². The van der Waals surface area contributed by atoms with Crippen molar-refractivity contribution in [3.05, 3.63) is 67.5 Å². The Balaban J connectivity index is 1.55. The molecule has 0 unspecified atom stereocenters. The Hall–Kier alpha value is -1.92. The molecule has 2 heterocycles. The molecular formula is C30H41BrN2O3. The van der Waals surface area contributed by atoms with E-state index >= 15 is 0 Å². The minimum absolute atomic E-state index is 0.0550. The van der Waals surface area contributed by atoms with E-state index in [1.807, 2.05) is 49.6 Å². The molecular weight excluding hydrogens is 516 g/mol. The standard InChI is InChI=1S/C30H41BrN2O3/c1-20(2)17-24-7-6-15-32(24)19-27-25(22-12-13-22)18-26(31)28(34)33(27)16-14-21-8-10-23(11-9-21)29(35)36-30(3,4)5/h8-11,18,20,22,24H,6-7,12-17,19H2,1-5H3/t24-/m1/s1. The molecule has 2 fully saturated rings.